The number of ether oxygens (including phenoxy) is 1. The molecule has 0 bridgehead atoms. The highest BCUT2D eigenvalue weighted by molar-refractivity contribution is 6.09. The Labute approximate surface area is 219 Å². The van der Waals surface area contributed by atoms with Gasteiger partial charge < -0.3 is 29.9 Å². The fourth-order valence-electron chi connectivity index (χ4n) is 4.46. The second kappa shape index (κ2) is 11.9. The number of carboxylic acids is 1. The smallest absolute Gasteiger partial charge is 0.409 e. The third-order valence-electron chi connectivity index (χ3n) is 6.69. The van der Waals surface area contributed by atoms with Crippen LogP contribution in [0.1, 0.15) is 47.0 Å². The molecule has 0 aliphatic carbocycles. The van der Waals surface area contributed by atoms with Crippen molar-refractivity contribution in [2.75, 3.05) is 45.9 Å². The van der Waals surface area contributed by atoms with Crippen molar-refractivity contribution in [3.05, 3.63) is 41.6 Å². The number of carboxylic acid groups (broad SMARTS) is 1. The number of hydrogen-bond donors (Lipinski definition) is 2. The van der Waals surface area contributed by atoms with Crippen molar-refractivity contribution in [2.45, 2.75) is 32.2 Å². The molecule has 0 radical (unpaired) electrons. The Morgan fingerprint density at radius 2 is 1.68 bits per heavy atom. The molecule has 3 heterocycles. The first-order valence-corrected chi connectivity index (χ1v) is 12.7. The molecule has 4 rings (SSSR count). The number of fused-ring (bicyclic) bond motifs is 1. The lowest BCUT2D eigenvalue weighted by Gasteiger charge is -2.36. The van der Waals surface area contributed by atoms with E-state index >= 15 is 0 Å². The van der Waals surface area contributed by atoms with E-state index in [4.69, 9.17) is 4.74 Å². The van der Waals surface area contributed by atoms with E-state index in [2.05, 4.69) is 10.3 Å². The highest BCUT2D eigenvalue weighted by atomic mass is 16.6. The van der Waals surface area contributed by atoms with Crippen LogP contribution in [0.3, 0.4) is 0 Å². The van der Waals surface area contributed by atoms with Gasteiger partial charge in [-0.3, -0.25) is 19.2 Å². The number of aliphatic carboxylic acids is 1. The summed E-state index contributed by atoms with van der Waals surface area (Å²) in [5.74, 6) is -2.42. The van der Waals surface area contributed by atoms with E-state index in [0.29, 0.717) is 29.6 Å². The number of hydrogen-bond acceptors (Lipinski definition) is 7. The summed E-state index contributed by atoms with van der Waals surface area (Å²) in [6.45, 7) is 4.21. The molecule has 2 saturated heterocycles. The molecule has 12 heteroatoms. The van der Waals surface area contributed by atoms with E-state index in [1.807, 2.05) is 0 Å². The molecule has 2 aliphatic heterocycles. The van der Waals surface area contributed by atoms with Crippen molar-refractivity contribution < 1.29 is 33.8 Å². The second-order valence-corrected chi connectivity index (χ2v) is 9.19. The summed E-state index contributed by atoms with van der Waals surface area (Å²) in [5, 5.41) is 12.5. The SMILES string of the molecule is CCOC(=O)N1CCN(C(=O)C(CCC(=O)O)NC(=O)c2cc(C(=O)N3CCC3)c3ccccc3n2)CC1. The maximum absolute atomic E-state index is 13.3. The first kappa shape index (κ1) is 26.8. The number of nitrogens with zero attached hydrogens (tertiary/aromatic N) is 4. The minimum absolute atomic E-state index is 0.0344. The third-order valence-corrected chi connectivity index (χ3v) is 6.69. The molecule has 202 valence electrons. The topological polar surface area (TPSA) is 149 Å². The maximum atomic E-state index is 13.3. The van der Waals surface area contributed by atoms with Gasteiger partial charge in [-0.1, -0.05) is 18.2 Å². The van der Waals surface area contributed by atoms with Gasteiger partial charge in [0.2, 0.25) is 5.91 Å². The summed E-state index contributed by atoms with van der Waals surface area (Å²) in [6.07, 6.45) is 0.0131. The van der Waals surface area contributed by atoms with Crippen molar-refractivity contribution in [1.82, 2.24) is 25.0 Å². The first-order valence-electron chi connectivity index (χ1n) is 12.7. The van der Waals surface area contributed by atoms with Gasteiger partial charge in [0.05, 0.1) is 17.7 Å². The number of para-hydroxylation sites is 1. The number of pyridine rings is 1. The van der Waals surface area contributed by atoms with E-state index < -0.39 is 29.9 Å². The van der Waals surface area contributed by atoms with Gasteiger partial charge in [-0.05, 0) is 31.9 Å². The van der Waals surface area contributed by atoms with E-state index in [-0.39, 0.29) is 57.2 Å². The second-order valence-electron chi connectivity index (χ2n) is 9.19. The number of amides is 4. The number of benzene rings is 1. The minimum atomic E-state index is -1.12. The molecule has 12 nitrogen and oxygen atoms in total. The largest absolute Gasteiger partial charge is 0.481 e. The molecule has 38 heavy (non-hydrogen) atoms. The average Bonchev–Trinajstić information content (AvgIpc) is 2.89. The molecular formula is C26H31N5O7. The van der Waals surface area contributed by atoms with E-state index in [9.17, 15) is 29.1 Å². The van der Waals surface area contributed by atoms with Gasteiger partial charge in [0.25, 0.3) is 11.8 Å². The van der Waals surface area contributed by atoms with Crippen LogP contribution in [0.15, 0.2) is 30.3 Å². The zero-order valence-corrected chi connectivity index (χ0v) is 21.2. The third kappa shape index (κ3) is 6.01. The Kier molecular flexibility index (Phi) is 8.39. The summed E-state index contributed by atoms with van der Waals surface area (Å²) in [5.41, 5.74) is 0.782. The number of piperazine rings is 1. The fraction of sp³-hybridized carbons (Fsp3) is 0.462. The summed E-state index contributed by atoms with van der Waals surface area (Å²) in [7, 11) is 0. The van der Waals surface area contributed by atoms with Crippen LogP contribution in [0, 0.1) is 0 Å². The number of nitrogens with one attached hydrogen (secondary N) is 1. The molecule has 1 aromatic carbocycles. The molecule has 2 fully saturated rings. The fourth-order valence-corrected chi connectivity index (χ4v) is 4.46. The van der Waals surface area contributed by atoms with Gasteiger partial charge in [0, 0.05) is 51.1 Å². The van der Waals surface area contributed by atoms with Crippen LogP contribution in [-0.4, -0.2) is 106 Å². The van der Waals surface area contributed by atoms with Crippen LogP contribution >= 0.6 is 0 Å². The van der Waals surface area contributed by atoms with E-state index in [1.165, 1.54) is 15.9 Å². The van der Waals surface area contributed by atoms with Gasteiger partial charge >= 0.3 is 12.1 Å². The monoisotopic (exact) mass is 525 g/mol. The predicted molar refractivity (Wildman–Crippen MR) is 136 cm³/mol. The van der Waals surface area contributed by atoms with Crippen LogP contribution in [0.4, 0.5) is 4.79 Å². The number of carbonyl (C=O) groups excluding carboxylic acids is 4. The van der Waals surface area contributed by atoms with E-state index in [0.717, 1.165) is 6.42 Å². The van der Waals surface area contributed by atoms with Crippen LogP contribution < -0.4 is 5.32 Å². The Hall–Kier alpha value is -4.22. The normalized spacial score (nSPS) is 16.0. The molecule has 0 spiro atoms. The Morgan fingerprint density at radius 3 is 2.32 bits per heavy atom. The van der Waals surface area contributed by atoms with Crippen molar-refractivity contribution in [3.63, 3.8) is 0 Å². The van der Waals surface area contributed by atoms with Gasteiger partial charge in [0.1, 0.15) is 11.7 Å². The van der Waals surface area contributed by atoms with Gasteiger partial charge in [-0.2, -0.15) is 0 Å². The number of likely N-dealkylation sites (tertiary alicyclic amines) is 1. The molecule has 1 atom stereocenters. The minimum Gasteiger partial charge on any atom is -0.481 e. The lowest BCUT2D eigenvalue weighted by atomic mass is 10.0. The zero-order valence-electron chi connectivity index (χ0n) is 21.2. The molecule has 2 N–H and O–H groups in total. The van der Waals surface area contributed by atoms with Gasteiger partial charge in [0.15, 0.2) is 0 Å². The highest BCUT2D eigenvalue weighted by Gasteiger charge is 2.32. The van der Waals surface area contributed by atoms with Crippen molar-refractivity contribution in [3.8, 4) is 0 Å². The van der Waals surface area contributed by atoms with Gasteiger partial charge in [-0.15, -0.1) is 0 Å². The molecule has 2 aromatic rings. The van der Waals surface area contributed by atoms with Crippen LogP contribution in [-0.2, 0) is 14.3 Å². The zero-order chi connectivity index (χ0) is 27.2. The molecule has 4 amide bonds. The molecule has 0 saturated carbocycles. The lowest BCUT2D eigenvalue weighted by molar-refractivity contribution is -0.138. The van der Waals surface area contributed by atoms with Gasteiger partial charge in [-0.25, -0.2) is 9.78 Å². The highest BCUT2D eigenvalue weighted by Crippen LogP contribution is 2.22. The Balaban J connectivity index is 1.52. The first-order chi connectivity index (χ1) is 18.3. The van der Waals surface area contributed by atoms with Crippen LogP contribution in [0.25, 0.3) is 10.9 Å². The van der Waals surface area contributed by atoms with E-state index in [1.54, 1.807) is 36.1 Å². The number of rotatable bonds is 8. The predicted octanol–water partition coefficient (Wildman–Crippen LogP) is 1.34. The Morgan fingerprint density at radius 1 is 1.00 bits per heavy atom. The Bertz CT molecular complexity index is 1240. The standard InChI is InChI=1S/C26H31N5O7/c1-2-38-26(37)31-14-12-30(13-15-31)25(36)20(8-9-22(32)33)28-23(34)21-16-18(24(35)29-10-5-11-29)17-6-3-4-7-19(17)27-21/h3-4,6-7,16,20H,2,5,8-15H2,1H3,(H,28,34)(H,32,33). The lowest BCUT2D eigenvalue weighted by Crippen LogP contribution is -2.56. The molecular weight excluding hydrogens is 494 g/mol. The van der Waals surface area contributed by atoms with Crippen molar-refractivity contribution in [1.29, 1.82) is 0 Å². The summed E-state index contributed by atoms with van der Waals surface area (Å²) < 4.78 is 5.00. The maximum Gasteiger partial charge on any atom is 0.409 e. The number of carbonyl (C=O) groups is 5. The molecule has 1 aromatic heterocycles. The molecule has 1 unspecified atom stereocenters. The summed E-state index contributed by atoms with van der Waals surface area (Å²) >= 11 is 0. The van der Waals surface area contributed by atoms with Crippen molar-refractivity contribution >= 4 is 40.7 Å². The quantitative estimate of drug-likeness (QED) is 0.524. The van der Waals surface area contributed by atoms with Crippen LogP contribution in [0.2, 0.25) is 0 Å². The summed E-state index contributed by atoms with van der Waals surface area (Å²) in [4.78, 5) is 71.9. The molecule has 2 aliphatic rings. The average molecular weight is 526 g/mol. The van der Waals surface area contributed by atoms with Crippen LogP contribution in [0.5, 0.6) is 0 Å². The van der Waals surface area contributed by atoms with Crippen molar-refractivity contribution in [2.24, 2.45) is 0 Å². The number of aromatic nitrogens is 1. The summed E-state index contributed by atoms with van der Waals surface area (Å²) in [6, 6.07) is 7.33.